The molecule has 0 unspecified atom stereocenters. The predicted molar refractivity (Wildman–Crippen MR) is 60.7 cm³/mol. The monoisotopic (exact) mass is 223 g/mol. The van der Waals surface area contributed by atoms with Gasteiger partial charge in [-0.2, -0.15) is 0 Å². The highest BCUT2D eigenvalue weighted by molar-refractivity contribution is 6.03. The number of carbonyl (C=O) groups is 1. The minimum atomic E-state index is -0.914. The molecule has 2 rings (SSSR count). The molecule has 0 aliphatic rings. The first-order valence-electron chi connectivity index (χ1n) is 4.28. The Bertz CT molecular complexity index is 511. The molecule has 0 fully saturated rings. The van der Waals surface area contributed by atoms with Crippen molar-refractivity contribution < 1.29 is 9.90 Å². The largest absolute Gasteiger partial charge is 0.478 e. The van der Waals surface area contributed by atoms with Crippen molar-refractivity contribution in [2.24, 2.45) is 0 Å². The van der Waals surface area contributed by atoms with Crippen molar-refractivity contribution in [1.29, 1.82) is 0 Å². The van der Waals surface area contributed by atoms with E-state index in [1.807, 2.05) is 6.92 Å². The van der Waals surface area contributed by atoms with E-state index in [-0.39, 0.29) is 12.4 Å². The lowest BCUT2D eigenvalue weighted by atomic mass is 10.1. The molecule has 1 N–H and O–H groups in total. The standard InChI is InChI=1S/C11H9NO2.ClH/c1-7-4-5-9(11(13)14)8-3-2-6-12-10(7)8;/h2-6H,1H3,(H,13,14);1H. The lowest BCUT2D eigenvalue weighted by Gasteiger charge is -2.03. The van der Waals surface area contributed by atoms with Crippen molar-refractivity contribution in [2.75, 3.05) is 0 Å². The molecule has 1 aromatic heterocycles. The molecule has 3 nitrogen and oxygen atoms in total. The Hall–Kier alpha value is -1.61. The van der Waals surface area contributed by atoms with E-state index in [1.165, 1.54) is 0 Å². The van der Waals surface area contributed by atoms with Gasteiger partial charge in [-0.1, -0.05) is 12.1 Å². The number of aryl methyl sites for hydroxylation is 1. The molecule has 0 saturated carbocycles. The summed E-state index contributed by atoms with van der Waals surface area (Å²) in [5.74, 6) is -0.914. The van der Waals surface area contributed by atoms with Crippen LogP contribution in [0.25, 0.3) is 10.9 Å². The predicted octanol–water partition coefficient (Wildman–Crippen LogP) is 2.66. The number of aromatic carboxylic acids is 1. The molecule has 0 bridgehead atoms. The minimum absolute atomic E-state index is 0. The Balaban J connectivity index is 0.00000112. The highest BCUT2D eigenvalue weighted by Crippen LogP contribution is 2.19. The van der Waals surface area contributed by atoms with Crippen molar-refractivity contribution in [3.8, 4) is 0 Å². The Labute approximate surface area is 93.2 Å². The fraction of sp³-hybridized carbons (Fsp3) is 0.0909. The minimum Gasteiger partial charge on any atom is -0.478 e. The number of carboxylic acid groups (broad SMARTS) is 1. The van der Waals surface area contributed by atoms with Crippen molar-refractivity contribution in [2.45, 2.75) is 6.92 Å². The van der Waals surface area contributed by atoms with Gasteiger partial charge in [-0.3, -0.25) is 4.98 Å². The third-order valence-corrected chi connectivity index (χ3v) is 2.20. The first kappa shape index (κ1) is 11.5. The molecular formula is C11H10ClNO2. The summed E-state index contributed by atoms with van der Waals surface area (Å²) in [6.45, 7) is 1.92. The van der Waals surface area contributed by atoms with E-state index in [1.54, 1.807) is 30.5 Å². The fourth-order valence-electron chi connectivity index (χ4n) is 1.50. The van der Waals surface area contributed by atoms with Gasteiger partial charge in [0.15, 0.2) is 0 Å². The maximum atomic E-state index is 10.9. The number of benzene rings is 1. The zero-order valence-electron chi connectivity index (χ0n) is 8.10. The van der Waals surface area contributed by atoms with Crippen molar-refractivity contribution in [1.82, 2.24) is 4.98 Å². The first-order chi connectivity index (χ1) is 6.70. The summed E-state index contributed by atoms with van der Waals surface area (Å²) in [5.41, 5.74) is 2.05. The van der Waals surface area contributed by atoms with Gasteiger partial charge in [0, 0.05) is 11.6 Å². The number of hydrogen-bond donors (Lipinski definition) is 1. The van der Waals surface area contributed by atoms with Gasteiger partial charge in [-0.25, -0.2) is 4.79 Å². The molecule has 78 valence electrons. The average Bonchev–Trinajstić information content (AvgIpc) is 2.18. The summed E-state index contributed by atoms with van der Waals surface area (Å²) < 4.78 is 0. The molecule has 0 saturated heterocycles. The molecule has 2 aromatic rings. The quantitative estimate of drug-likeness (QED) is 0.809. The molecule has 0 amide bonds. The maximum absolute atomic E-state index is 10.9. The Morgan fingerprint density at radius 1 is 1.33 bits per heavy atom. The van der Waals surface area contributed by atoms with Crippen LogP contribution >= 0.6 is 12.4 Å². The topological polar surface area (TPSA) is 50.2 Å². The van der Waals surface area contributed by atoms with Crippen LogP contribution in [0.15, 0.2) is 30.5 Å². The molecule has 1 aromatic carbocycles. The third kappa shape index (κ3) is 1.92. The number of rotatable bonds is 1. The smallest absolute Gasteiger partial charge is 0.336 e. The van der Waals surface area contributed by atoms with Crippen LogP contribution in [-0.4, -0.2) is 16.1 Å². The van der Waals surface area contributed by atoms with Crippen molar-refractivity contribution in [3.05, 3.63) is 41.6 Å². The number of aromatic nitrogens is 1. The van der Waals surface area contributed by atoms with Gasteiger partial charge in [0.25, 0.3) is 0 Å². The molecule has 0 atom stereocenters. The highest BCUT2D eigenvalue weighted by Gasteiger charge is 2.09. The maximum Gasteiger partial charge on any atom is 0.336 e. The average molecular weight is 224 g/mol. The van der Waals surface area contributed by atoms with E-state index in [0.717, 1.165) is 11.1 Å². The van der Waals surface area contributed by atoms with E-state index >= 15 is 0 Å². The van der Waals surface area contributed by atoms with Crippen LogP contribution in [0.1, 0.15) is 15.9 Å². The van der Waals surface area contributed by atoms with Gasteiger partial charge in [0.05, 0.1) is 11.1 Å². The Morgan fingerprint density at radius 3 is 2.73 bits per heavy atom. The van der Waals surface area contributed by atoms with Crippen LogP contribution in [0, 0.1) is 6.92 Å². The second-order valence-electron chi connectivity index (χ2n) is 3.13. The summed E-state index contributed by atoms with van der Waals surface area (Å²) in [6, 6.07) is 6.91. The Kier molecular flexibility index (Phi) is 3.27. The van der Waals surface area contributed by atoms with Crippen molar-refractivity contribution >= 4 is 29.3 Å². The van der Waals surface area contributed by atoms with Crippen LogP contribution in [-0.2, 0) is 0 Å². The number of carboxylic acids is 1. The van der Waals surface area contributed by atoms with Gasteiger partial charge < -0.3 is 5.11 Å². The second kappa shape index (κ2) is 4.28. The summed E-state index contributed by atoms with van der Waals surface area (Å²) in [7, 11) is 0. The van der Waals surface area contributed by atoms with E-state index in [4.69, 9.17) is 5.11 Å². The molecule has 0 radical (unpaired) electrons. The summed E-state index contributed by atoms with van der Waals surface area (Å²) >= 11 is 0. The molecule has 15 heavy (non-hydrogen) atoms. The summed E-state index contributed by atoms with van der Waals surface area (Å²) in [4.78, 5) is 15.1. The van der Waals surface area contributed by atoms with Crippen LogP contribution < -0.4 is 0 Å². The van der Waals surface area contributed by atoms with Gasteiger partial charge in [-0.05, 0) is 24.6 Å². The molecule has 0 aliphatic heterocycles. The highest BCUT2D eigenvalue weighted by atomic mass is 35.5. The zero-order valence-corrected chi connectivity index (χ0v) is 8.91. The van der Waals surface area contributed by atoms with E-state index in [9.17, 15) is 4.79 Å². The summed E-state index contributed by atoms with van der Waals surface area (Å²) in [6.07, 6.45) is 1.67. The summed E-state index contributed by atoms with van der Waals surface area (Å²) in [5, 5.41) is 9.64. The van der Waals surface area contributed by atoms with E-state index in [2.05, 4.69) is 4.98 Å². The number of pyridine rings is 1. The van der Waals surface area contributed by atoms with Crippen LogP contribution in [0.5, 0.6) is 0 Å². The number of fused-ring (bicyclic) bond motifs is 1. The fourth-order valence-corrected chi connectivity index (χ4v) is 1.50. The first-order valence-corrected chi connectivity index (χ1v) is 4.28. The van der Waals surface area contributed by atoms with E-state index in [0.29, 0.717) is 10.9 Å². The molecule has 1 heterocycles. The Morgan fingerprint density at radius 2 is 2.07 bits per heavy atom. The molecule has 4 heteroatoms. The molecule has 0 spiro atoms. The third-order valence-electron chi connectivity index (χ3n) is 2.20. The SMILES string of the molecule is Cc1ccc(C(=O)O)c2cccnc12.Cl. The molecule has 0 aliphatic carbocycles. The van der Waals surface area contributed by atoms with Crippen LogP contribution in [0.2, 0.25) is 0 Å². The normalized spacial score (nSPS) is 9.67. The lowest BCUT2D eigenvalue weighted by Crippen LogP contribution is -1.98. The zero-order chi connectivity index (χ0) is 10.1. The van der Waals surface area contributed by atoms with Gasteiger partial charge in [-0.15, -0.1) is 12.4 Å². The van der Waals surface area contributed by atoms with Gasteiger partial charge in [0.1, 0.15) is 0 Å². The van der Waals surface area contributed by atoms with Gasteiger partial charge >= 0.3 is 5.97 Å². The molecular weight excluding hydrogens is 214 g/mol. The second-order valence-corrected chi connectivity index (χ2v) is 3.13. The number of halogens is 1. The van der Waals surface area contributed by atoms with E-state index < -0.39 is 5.97 Å². The van der Waals surface area contributed by atoms with Gasteiger partial charge in [0.2, 0.25) is 0 Å². The van der Waals surface area contributed by atoms with Crippen LogP contribution in [0.4, 0.5) is 0 Å². The lowest BCUT2D eigenvalue weighted by molar-refractivity contribution is 0.0699. The van der Waals surface area contributed by atoms with Crippen molar-refractivity contribution in [3.63, 3.8) is 0 Å². The van der Waals surface area contributed by atoms with Crippen LogP contribution in [0.3, 0.4) is 0 Å². The number of nitrogens with zero attached hydrogens (tertiary/aromatic N) is 1. The number of hydrogen-bond acceptors (Lipinski definition) is 2.